The molecule has 0 radical (unpaired) electrons. The molecule has 0 aliphatic carbocycles. The van der Waals surface area contributed by atoms with Crippen LogP contribution >= 0.6 is 11.3 Å². The smallest absolute Gasteiger partial charge is 0.163 e. The highest BCUT2D eigenvalue weighted by Crippen LogP contribution is 2.28. The van der Waals surface area contributed by atoms with Gasteiger partial charge in [0.1, 0.15) is 11.8 Å². The van der Waals surface area contributed by atoms with Crippen molar-refractivity contribution in [3.8, 4) is 5.75 Å². The molecule has 0 saturated heterocycles. The molecule has 2 rings (SSSR count). The minimum atomic E-state index is -0.793. The summed E-state index contributed by atoms with van der Waals surface area (Å²) in [6.07, 6.45) is 0.781. The number of ether oxygens (including phenoxy) is 1. The maximum absolute atomic E-state index is 10.1. The van der Waals surface area contributed by atoms with Gasteiger partial charge in [0.05, 0.1) is 24.5 Å². The third-order valence-corrected chi connectivity index (χ3v) is 2.76. The summed E-state index contributed by atoms with van der Waals surface area (Å²) in [4.78, 5) is 4.06. The number of rotatable bonds is 3. The van der Waals surface area contributed by atoms with Crippen LogP contribution in [0.5, 0.6) is 5.75 Å². The fraction of sp³-hybridized carbons (Fsp3) is 0.333. The van der Waals surface area contributed by atoms with Crippen LogP contribution in [0.4, 0.5) is 0 Å². The number of nitrogens with zero attached hydrogens (tertiary/aromatic N) is 3. The van der Waals surface area contributed by atoms with Gasteiger partial charge in [-0.3, -0.25) is 4.68 Å². The predicted octanol–water partition coefficient (Wildman–Crippen LogP) is 0.967. The molecular weight excluding hydrogens is 214 g/mol. The molecule has 1 N–H and O–H groups in total. The fourth-order valence-corrected chi connectivity index (χ4v) is 1.97. The topological polar surface area (TPSA) is 60.2 Å². The van der Waals surface area contributed by atoms with Gasteiger partial charge in [0, 0.05) is 12.4 Å². The van der Waals surface area contributed by atoms with Crippen molar-refractivity contribution in [3.05, 3.63) is 28.5 Å². The van der Waals surface area contributed by atoms with E-state index in [1.54, 1.807) is 35.9 Å². The second-order valence-electron chi connectivity index (χ2n) is 3.04. The van der Waals surface area contributed by atoms with E-state index in [2.05, 4.69) is 10.1 Å². The lowest BCUT2D eigenvalue weighted by molar-refractivity contribution is 0.200. The fourth-order valence-electron chi connectivity index (χ4n) is 1.39. The Bertz CT molecular complexity index is 438. The molecule has 0 aromatic carbocycles. The molecule has 6 heteroatoms. The molecule has 0 spiro atoms. The second-order valence-corrected chi connectivity index (χ2v) is 3.76. The van der Waals surface area contributed by atoms with Gasteiger partial charge in [-0.1, -0.05) is 0 Å². The quantitative estimate of drug-likeness (QED) is 0.845. The summed E-state index contributed by atoms with van der Waals surface area (Å²) in [5.74, 6) is 0.568. The zero-order chi connectivity index (χ0) is 10.8. The second kappa shape index (κ2) is 4.00. The van der Waals surface area contributed by atoms with Crippen LogP contribution < -0.4 is 4.74 Å². The largest absolute Gasteiger partial charge is 0.493 e. The molecule has 0 aliphatic rings. The third kappa shape index (κ3) is 1.73. The first kappa shape index (κ1) is 10.1. The molecule has 2 aromatic rings. The Morgan fingerprint density at radius 2 is 2.40 bits per heavy atom. The standard InChI is InChI=1S/C9H11N3O2S/c1-12-8(7(14-2)3-11-12)9(13)6-4-15-5-10-6/h3-5,9,13H,1-2H3. The van der Waals surface area contributed by atoms with E-state index in [1.165, 1.54) is 11.3 Å². The number of hydrogen-bond donors (Lipinski definition) is 1. The first-order valence-corrected chi connectivity index (χ1v) is 5.30. The highest BCUT2D eigenvalue weighted by Gasteiger charge is 2.21. The summed E-state index contributed by atoms with van der Waals surface area (Å²) >= 11 is 1.44. The molecule has 1 atom stereocenters. The van der Waals surface area contributed by atoms with Crippen LogP contribution in [0.15, 0.2) is 17.1 Å². The first-order valence-electron chi connectivity index (χ1n) is 4.36. The molecule has 15 heavy (non-hydrogen) atoms. The van der Waals surface area contributed by atoms with Crippen LogP contribution in [0, 0.1) is 0 Å². The Kier molecular flexibility index (Phi) is 2.70. The van der Waals surface area contributed by atoms with Gasteiger partial charge in [0.2, 0.25) is 0 Å². The Balaban J connectivity index is 2.40. The predicted molar refractivity (Wildman–Crippen MR) is 55.9 cm³/mol. The van der Waals surface area contributed by atoms with E-state index in [-0.39, 0.29) is 0 Å². The number of hydrogen-bond acceptors (Lipinski definition) is 5. The summed E-state index contributed by atoms with van der Waals surface area (Å²) < 4.78 is 6.70. The van der Waals surface area contributed by atoms with Crippen molar-refractivity contribution in [3.63, 3.8) is 0 Å². The molecule has 0 bridgehead atoms. The molecular formula is C9H11N3O2S. The van der Waals surface area contributed by atoms with E-state index >= 15 is 0 Å². The van der Waals surface area contributed by atoms with E-state index in [0.717, 1.165) is 0 Å². The molecule has 80 valence electrons. The zero-order valence-corrected chi connectivity index (χ0v) is 9.23. The van der Waals surface area contributed by atoms with E-state index in [0.29, 0.717) is 17.1 Å². The van der Waals surface area contributed by atoms with E-state index in [4.69, 9.17) is 4.74 Å². The van der Waals surface area contributed by atoms with Crippen molar-refractivity contribution in [2.75, 3.05) is 7.11 Å². The number of aromatic nitrogens is 3. The van der Waals surface area contributed by atoms with Crippen molar-refractivity contribution in [1.82, 2.24) is 14.8 Å². The van der Waals surface area contributed by atoms with Gasteiger partial charge in [0.15, 0.2) is 5.75 Å². The van der Waals surface area contributed by atoms with Crippen LogP contribution in [0.25, 0.3) is 0 Å². The summed E-state index contributed by atoms with van der Waals surface area (Å²) in [5, 5.41) is 15.9. The first-order chi connectivity index (χ1) is 7.24. The number of thiazole rings is 1. The van der Waals surface area contributed by atoms with Gasteiger partial charge in [0.25, 0.3) is 0 Å². The Morgan fingerprint density at radius 3 is 3.00 bits per heavy atom. The van der Waals surface area contributed by atoms with Crippen molar-refractivity contribution in [1.29, 1.82) is 0 Å². The van der Waals surface area contributed by atoms with Gasteiger partial charge in [-0.15, -0.1) is 11.3 Å². The SMILES string of the molecule is COc1cnn(C)c1C(O)c1cscn1. The Labute approximate surface area is 91.0 Å². The van der Waals surface area contributed by atoms with Gasteiger partial charge < -0.3 is 9.84 Å². The van der Waals surface area contributed by atoms with E-state index in [9.17, 15) is 5.11 Å². The molecule has 2 heterocycles. The van der Waals surface area contributed by atoms with Crippen molar-refractivity contribution in [2.45, 2.75) is 6.10 Å². The normalized spacial score (nSPS) is 12.7. The van der Waals surface area contributed by atoms with Crippen molar-refractivity contribution in [2.24, 2.45) is 7.05 Å². The number of methoxy groups -OCH3 is 1. The van der Waals surface area contributed by atoms with Gasteiger partial charge in [-0.05, 0) is 0 Å². The van der Waals surface area contributed by atoms with Gasteiger partial charge in [-0.2, -0.15) is 5.10 Å². The molecule has 5 nitrogen and oxygen atoms in total. The van der Waals surface area contributed by atoms with Crippen LogP contribution in [0.1, 0.15) is 17.5 Å². The molecule has 0 aliphatic heterocycles. The van der Waals surface area contributed by atoms with Gasteiger partial charge >= 0.3 is 0 Å². The summed E-state index contributed by atoms with van der Waals surface area (Å²) in [5.41, 5.74) is 2.91. The lowest BCUT2D eigenvalue weighted by Gasteiger charge is -2.10. The molecule has 1 unspecified atom stereocenters. The minimum absolute atomic E-state index is 0.568. The van der Waals surface area contributed by atoms with E-state index in [1.807, 2.05) is 0 Å². The average Bonchev–Trinajstić information content (AvgIpc) is 2.85. The lowest BCUT2D eigenvalue weighted by Crippen LogP contribution is -2.08. The molecule has 0 amide bonds. The molecule has 0 saturated carbocycles. The maximum atomic E-state index is 10.1. The van der Waals surface area contributed by atoms with Gasteiger partial charge in [-0.25, -0.2) is 4.98 Å². The summed E-state index contributed by atoms with van der Waals surface area (Å²) in [6.45, 7) is 0. The monoisotopic (exact) mass is 225 g/mol. The molecule has 2 aromatic heterocycles. The maximum Gasteiger partial charge on any atom is 0.163 e. The van der Waals surface area contributed by atoms with Crippen molar-refractivity contribution >= 4 is 11.3 Å². The number of aryl methyl sites for hydroxylation is 1. The van der Waals surface area contributed by atoms with Crippen LogP contribution in [-0.4, -0.2) is 27.0 Å². The number of aliphatic hydroxyl groups is 1. The average molecular weight is 225 g/mol. The minimum Gasteiger partial charge on any atom is -0.493 e. The molecule has 0 fully saturated rings. The Hall–Kier alpha value is -1.40. The highest BCUT2D eigenvalue weighted by molar-refractivity contribution is 7.07. The van der Waals surface area contributed by atoms with E-state index < -0.39 is 6.10 Å². The summed E-state index contributed by atoms with van der Waals surface area (Å²) in [6, 6.07) is 0. The van der Waals surface area contributed by atoms with Crippen LogP contribution in [-0.2, 0) is 7.05 Å². The number of aliphatic hydroxyl groups excluding tert-OH is 1. The zero-order valence-electron chi connectivity index (χ0n) is 8.41. The highest BCUT2D eigenvalue weighted by atomic mass is 32.1. The lowest BCUT2D eigenvalue weighted by atomic mass is 10.2. The Morgan fingerprint density at radius 1 is 1.60 bits per heavy atom. The van der Waals surface area contributed by atoms with Crippen molar-refractivity contribution < 1.29 is 9.84 Å². The van der Waals surface area contributed by atoms with Crippen LogP contribution in [0.2, 0.25) is 0 Å². The van der Waals surface area contributed by atoms with Crippen LogP contribution in [0.3, 0.4) is 0 Å². The third-order valence-electron chi connectivity index (χ3n) is 2.16. The summed E-state index contributed by atoms with van der Waals surface area (Å²) in [7, 11) is 3.31.